The predicted octanol–water partition coefficient (Wildman–Crippen LogP) is 0.946. The normalized spacial score (nSPS) is 10.3. The van der Waals surface area contributed by atoms with Crippen molar-refractivity contribution in [3.8, 4) is 0 Å². The molecule has 1 aromatic rings. The quantitative estimate of drug-likeness (QED) is 0.408. The Labute approximate surface area is 106 Å². The molecule has 1 rings (SSSR count). The summed E-state index contributed by atoms with van der Waals surface area (Å²) in [6.07, 6.45) is 1.50. The summed E-state index contributed by atoms with van der Waals surface area (Å²) in [5.41, 5.74) is 0.642. The number of hydrogen-bond donors (Lipinski definition) is 2. The molecule has 100 valence electrons. The SMILES string of the molecule is COCCNCCNc1cc([N+](=O)[O-])c(C)cn1. The van der Waals surface area contributed by atoms with Gasteiger partial charge >= 0.3 is 0 Å². The molecule has 1 aromatic heterocycles. The number of nitrogens with zero attached hydrogens (tertiary/aromatic N) is 2. The molecule has 0 aliphatic heterocycles. The number of nitro groups is 1. The first-order valence-corrected chi connectivity index (χ1v) is 5.69. The van der Waals surface area contributed by atoms with Crippen LogP contribution in [0.3, 0.4) is 0 Å². The Bertz CT molecular complexity index is 398. The van der Waals surface area contributed by atoms with Gasteiger partial charge in [0.25, 0.3) is 5.69 Å². The second-order valence-corrected chi connectivity index (χ2v) is 3.78. The zero-order valence-corrected chi connectivity index (χ0v) is 10.6. The third kappa shape index (κ3) is 4.64. The summed E-state index contributed by atoms with van der Waals surface area (Å²) in [6, 6.07) is 1.45. The van der Waals surface area contributed by atoms with E-state index in [-0.39, 0.29) is 5.69 Å². The smallest absolute Gasteiger partial charge is 0.277 e. The molecular formula is C11H18N4O3. The van der Waals surface area contributed by atoms with Crippen LogP contribution in [0.4, 0.5) is 11.5 Å². The monoisotopic (exact) mass is 254 g/mol. The van der Waals surface area contributed by atoms with Crippen LogP contribution in [0.2, 0.25) is 0 Å². The van der Waals surface area contributed by atoms with Gasteiger partial charge in [-0.3, -0.25) is 10.1 Å². The van der Waals surface area contributed by atoms with Crippen molar-refractivity contribution in [2.75, 3.05) is 38.7 Å². The lowest BCUT2D eigenvalue weighted by Gasteiger charge is -2.07. The van der Waals surface area contributed by atoms with E-state index in [0.29, 0.717) is 24.5 Å². The average Bonchev–Trinajstić information content (AvgIpc) is 2.35. The fraction of sp³-hybridized carbons (Fsp3) is 0.545. The van der Waals surface area contributed by atoms with Crippen molar-refractivity contribution < 1.29 is 9.66 Å². The molecule has 0 atom stereocenters. The third-order valence-corrected chi connectivity index (χ3v) is 2.36. The summed E-state index contributed by atoms with van der Waals surface area (Å²) in [6.45, 7) is 4.50. The maximum atomic E-state index is 10.7. The number of aromatic nitrogens is 1. The van der Waals surface area contributed by atoms with Crippen molar-refractivity contribution in [1.29, 1.82) is 0 Å². The molecule has 0 amide bonds. The maximum absolute atomic E-state index is 10.7. The first-order valence-electron chi connectivity index (χ1n) is 5.69. The first kappa shape index (κ1) is 14.3. The highest BCUT2D eigenvalue weighted by Gasteiger charge is 2.11. The van der Waals surface area contributed by atoms with Gasteiger partial charge in [0, 0.05) is 38.5 Å². The van der Waals surface area contributed by atoms with Gasteiger partial charge in [-0.05, 0) is 6.92 Å². The molecule has 2 N–H and O–H groups in total. The summed E-state index contributed by atoms with van der Waals surface area (Å²) >= 11 is 0. The summed E-state index contributed by atoms with van der Waals surface area (Å²) in [5, 5.41) is 16.9. The number of nitrogens with one attached hydrogen (secondary N) is 2. The Morgan fingerprint density at radius 3 is 2.89 bits per heavy atom. The van der Waals surface area contributed by atoms with Gasteiger partial charge in [-0.15, -0.1) is 0 Å². The van der Waals surface area contributed by atoms with Crippen LogP contribution in [0.5, 0.6) is 0 Å². The van der Waals surface area contributed by atoms with Crippen LogP contribution in [0.15, 0.2) is 12.3 Å². The van der Waals surface area contributed by atoms with E-state index in [0.717, 1.165) is 13.1 Å². The number of ether oxygens (including phenoxy) is 1. The van der Waals surface area contributed by atoms with Gasteiger partial charge in [0.2, 0.25) is 0 Å². The Morgan fingerprint density at radius 1 is 1.44 bits per heavy atom. The first-order chi connectivity index (χ1) is 8.65. The topological polar surface area (TPSA) is 89.3 Å². The van der Waals surface area contributed by atoms with Crippen LogP contribution in [-0.4, -0.2) is 43.3 Å². The van der Waals surface area contributed by atoms with Gasteiger partial charge in [0.05, 0.1) is 17.6 Å². The molecule has 0 saturated heterocycles. The number of hydrogen-bond acceptors (Lipinski definition) is 6. The largest absolute Gasteiger partial charge is 0.383 e. The molecule has 1 heterocycles. The van der Waals surface area contributed by atoms with E-state index in [1.54, 1.807) is 14.0 Å². The van der Waals surface area contributed by atoms with E-state index >= 15 is 0 Å². The number of anilines is 1. The zero-order valence-electron chi connectivity index (χ0n) is 10.6. The fourth-order valence-corrected chi connectivity index (χ4v) is 1.38. The Hall–Kier alpha value is -1.73. The van der Waals surface area contributed by atoms with E-state index in [4.69, 9.17) is 4.74 Å². The molecule has 7 heteroatoms. The molecule has 0 aliphatic carbocycles. The van der Waals surface area contributed by atoms with Crippen LogP contribution in [0.1, 0.15) is 5.56 Å². The fourth-order valence-electron chi connectivity index (χ4n) is 1.38. The molecule has 0 radical (unpaired) electrons. The van der Waals surface area contributed by atoms with E-state index < -0.39 is 4.92 Å². The van der Waals surface area contributed by atoms with Crippen molar-refractivity contribution >= 4 is 11.5 Å². The number of pyridine rings is 1. The molecule has 0 bridgehead atoms. The third-order valence-electron chi connectivity index (χ3n) is 2.36. The Morgan fingerprint density at radius 2 is 2.22 bits per heavy atom. The van der Waals surface area contributed by atoms with Gasteiger partial charge in [-0.2, -0.15) is 0 Å². The summed E-state index contributed by atoms with van der Waals surface area (Å²) in [7, 11) is 1.65. The van der Waals surface area contributed by atoms with E-state index in [1.807, 2.05) is 0 Å². The van der Waals surface area contributed by atoms with Crippen molar-refractivity contribution in [3.05, 3.63) is 27.9 Å². The highest BCUT2D eigenvalue weighted by Crippen LogP contribution is 2.19. The molecule has 0 unspecified atom stereocenters. The van der Waals surface area contributed by atoms with Gasteiger partial charge in [0.15, 0.2) is 0 Å². The van der Waals surface area contributed by atoms with Crippen LogP contribution in [0, 0.1) is 17.0 Å². The minimum atomic E-state index is -0.404. The molecule has 0 fully saturated rings. The summed E-state index contributed by atoms with van der Waals surface area (Å²) in [5.74, 6) is 0.515. The number of aryl methyl sites for hydroxylation is 1. The van der Waals surface area contributed by atoms with Crippen LogP contribution >= 0.6 is 0 Å². The summed E-state index contributed by atoms with van der Waals surface area (Å²) < 4.78 is 4.89. The lowest BCUT2D eigenvalue weighted by Crippen LogP contribution is -2.25. The van der Waals surface area contributed by atoms with Crippen LogP contribution in [-0.2, 0) is 4.74 Å². The minimum Gasteiger partial charge on any atom is -0.383 e. The molecule has 0 aromatic carbocycles. The van der Waals surface area contributed by atoms with Crippen molar-refractivity contribution in [3.63, 3.8) is 0 Å². The zero-order chi connectivity index (χ0) is 13.4. The minimum absolute atomic E-state index is 0.0832. The van der Waals surface area contributed by atoms with Gasteiger partial charge in [-0.25, -0.2) is 4.98 Å². The predicted molar refractivity (Wildman–Crippen MR) is 68.9 cm³/mol. The second-order valence-electron chi connectivity index (χ2n) is 3.78. The standard InChI is InChI=1S/C11H18N4O3/c1-9-8-14-11(7-10(9)15(16)17)13-4-3-12-5-6-18-2/h7-8,12H,3-6H2,1-2H3,(H,13,14). The van der Waals surface area contributed by atoms with Crippen molar-refractivity contribution in [1.82, 2.24) is 10.3 Å². The van der Waals surface area contributed by atoms with Crippen LogP contribution < -0.4 is 10.6 Å². The number of methoxy groups -OCH3 is 1. The van der Waals surface area contributed by atoms with E-state index in [2.05, 4.69) is 15.6 Å². The molecule has 0 spiro atoms. The van der Waals surface area contributed by atoms with Crippen molar-refractivity contribution in [2.24, 2.45) is 0 Å². The Kier molecular flexibility index (Phi) is 6.03. The van der Waals surface area contributed by atoms with E-state index in [9.17, 15) is 10.1 Å². The molecule has 18 heavy (non-hydrogen) atoms. The van der Waals surface area contributed by atoms with Gasteiger partial charge in [-0.1, -0.05) is 0 Å². The van der Waals surface area contributed by atoms with Crippen LogP contribution in [0.25, 0.3) is 0 Å². The lowest BCUT2D eigenvalue weighted by atomic mass is 10.2. The Balaban J connectivity index is 2.38. The molecule has 7 nitrogen and oxygen atoms in total. The van der Waals surface area contributed by atoms with Gasteiger partial charge in [0.1, 0.15) is 5.82 Å². The lowest BCUT2D eigenvalue weighted by molar-refractivity contribution is -0.385. The highest BCUT2D eigenvalue weighted by atomic mass is 16.6. The molecular weight excluding hydrogens is 236 g/mol. The maximum Gasteiger partial charge on any atom is 0.277 e. The highest BCUT2D eigenvalue weighted by molar-refractivity contribution is 5.48. The molecule has 0 saturated carbocycles. The van der Waals surface area contributed by atoms with Gasteiger partial charge < -0.3 is 15.4 Å². The average molecular weight is 254 g/mol. The van der Waals surface area contributed by atoms with E-state index in [1.165, 1.54) is 12.3 Å². The van der Waals surface area contributed by atoms with Crippen molar-refractivity contribution in [2.45, 2.75) is 6.92 Å². The molecule has 0 aliphatic rings. The second kappa shape index (κ2) is 7.57. The number of rotatable bonds is 8. The summed E-state index contributed by atoms with van der Waals surface area (Å²) in [4.78, 5) is 14.4.